The van der Waals surface area contributed by atoms with Crippen LogP contribution in [0.2, 0.25) is 0 Å². The summed E-state index contributed by atoms with van der Waals surface area (Å²) in [6.45, 7) is 1.92. The Kier molecular flexibility index (Phi) is 3.35. The number of rotatable bonds is 3. The molecule has 0 spiro atoms. The van der Waals surface area contributed by atoms with Crippen molar-refractivity contribution < 1.29 is 9.21 Å². The molecular formula is C18H14N4O2. The van der Waals surface area contributed by atoms with Crippen molar-refractivity contribution in [3.05, 3.63) is 66.5 Å². The van der Waals surface area contributed by atoms with Gasteiger partial charge in [-0.3, -0.25) is 4.79 Å². The SMILES string of the molecule is Cc1cn2cc(NC(=O)/C=C/c3nc4ccccc4o3)ccc2n1. The van der Waals surface area contributed by atoms with Crippen LogP contribution >= 0.6 is 0 Å². The fraction of sp³-hybridized carbons (Fsp3) is 0.0556. The first-order valence-electron chi connectivity index (χ1n) is 7.47. The number of nitrogens with zero attached hydrogens (tertiary/aromatic N) is 3. The van der Waals surface area contributed by atoms with Crippen LogP contribution in [0.15, 0.2) is 59.3 Å². The van der Waals surface area contributed by atoms with E-state index in [0.717, 1.165) is 16.9 Å². The molecule has 0 unspecified atom stereocenters. The van der Waals surface area contributed by atoms with E-state index < -0.39 is 0 Å². The summed E-state index contributed by atoms with van der Waals surface area (Å²) >= 11 is 0. The molecule has 4 rings (SSSR count). The summed E-state index contributed by atoms with van der Waals surface area (Å²) in [5, 5.41) is 2.80. The number of imidazole rings is 1. The lowest BCUT2D eigenvalue weighted by atomic mass is 10.3. The third-order valence-electron chi connectivity index (χ3n) is 3.53. The molecule has 0 atom stereocenters. The summed E-state index contributed by atoms with van der Waals surface area (Å²) < 4.78 is 7.41. The number of aromatic nitrogens is 3. The Morgan fingerprint density at radius 1 is 1.17 bits per heavy atom. The smallest absolute Gasteiger partial charge is 0.248 e. The van der Waals surface area contributed by atoms with Crippen molar-refractivity contribution in [2.75, 3.05) is 5.32 Å². The van der Waals surface area contributed by atoms with E-state index in [1.54, 1.807) is 6.08 Å². The Morgan fingerprint density at radius 3 is 2.92 bits per heavy atom. The van der Waals surface area contributed by atoms with Crippen LogP contribution in [-0.2, 0) is 4.79 Å². The van der Waals surface area contributed by atoms with Gasteiger partial charge in [0.1, 0.15) is 11.2 Å². The Morgan fingerprint density at radius 2 is 2.04 bits per heavy atom. The number of hydrogen-bond donors (Lipinski definition) is 1. The quantitative estimate of drug-likeness (QED) is 0.587. The third-order valence-corrected chi connectivity index (χ3v) is 3.53. The molecular weight excluding hydrogens is 304 g/mol. The van der Waals surface area contributed by atoms with Crippen molar-refractivity contribution in [3.8, 4) is 0 Å². The van der Waals surface area contributed by atoms with Gasteiger partial charge < -0.3 is 14.1 Å². The van der Waals surface area contributed by atoms with Crippen molar-refractivity contribution in [3.63, 3.8) is 0 Å². The summed E-state index contributed by atoms with van der Waals surface area (Å²) in [6, 6.07) is 11.1. The largest absolute Gasteiger partial charge is 0.437 e. The molecule has 1 N–H and O–H groups in total. The molecule has 0 fully saturated rings. The summed E-state index contributed by atoms with van der Waals surface area (Å²) in [4.78, 5) is 20.7. The number of benzene rings is 1. The van der Waals surface area contributed by atoms with Gasteiger partial charge in [0.2, 0.25) is 11.8 Å². The van der Waals surface area contributed by atoms with Gasteiger partial charge in [0.25, 0.3) is 0 Å². The number of para-hydroxylation sites is 2. The summed E-state index contributed by atoms with van der Waals surface area (Å²) in [5.41, 5.74) is 3.91. The maximum atomic E-state index is 12.1. The van der Waals surface area contributed by atoms with Crippen LogP contribution in [0.1, 0.15) is 11.6 Å². The number of aryl methyl sites for hydroxylation is 1. The lowest BCUT2D eigenvalue weighted by Crippen LogP contribution is -2.08. The monoisotopic (exact) mass is 318 g/mol. The fourth-order valence-electron chi connectivity index (χ4n) is 2.48. The number of carbonyl (C=O) groups is 1. The van der Waals surface area contributed by atoms with Gasteiger partial charge in [-0.1, -0.05) is 12.1 Å². The summed E-state index contributed by atoms with van der Waals surface area (Å²) in [7, 11) is 0. The molecule has 0 saturated heterocycles. The molecule has 4 aromatic rings. The normalized spacial score (nSPS) is 11.5. The van der Waals surface area contributed by atoms with Gasteiger partial charge in [0.15, 0.2) is 5.58 Å². The maximum Gasteiger partial charge on any atom is 0.248 e. The number of carbonyl (C=O) groups excluding carboxylic acids is 1. The van der Waals surface area contributed by atoms with Crippen molar-refractivity contribution in [1.82, 2.24) is 14.4 Å². The van der Waals surface area contributed by atoms with Crippen molar-refractivity contribution >= 4 is 34.4 Å². The Hall–Kier alpha value is -3.41. The van der Waals surface area contributed by atoms with Gasteiger partial charge in [0.05, 0.1) is 11.4 Å². The molecule has 6 heteroatoms. The predicted octanol–water partition coefficient (Wildman–Crippen LogP) is 3.44. The number of hydrogen-bond acceptors (Lipinski definition) is 4. The van der Waals surface area contributed by atoms with E-state index in [0.29, 0.717) is 17.2 Å². The van der Waals surface area contributed by atoms with E-state index >= 15 is 0 Å². The van der Waals surface area contributed by atoms with Crippen molar-refractivity contribution in [2.45, 2.75) is 6.92 Å². The average Bonchev–Trinajstić information content (AvgIpc) is 3.14. The van der Waals surface area contributed by atoms with E-state index in [2.05, 4.69) is 15.3 Å². The molecule has 0 aliphatic carbocycles. The number of oxazole rings is 1. The molecule has 0 aliphatic rings. The number of anilines is 1. The number of pyridine rings is 1. The minimum Gasteiger partial charge on any atom is -0.437 e. The van der Waals surface area contributed by atoms with Gasteiger partial charge in [-0.25, -0.2) is 9.97 Å². The van der Waals surface area contributed by atoms with Crippen LogP contribution in [-0.4, -0.2) is 20.3 Å². The number of nitrogens with one attached hydrogen (secondary N) is 1. The standard InChI is InChI=1S/C18H14N4O2/c1-12-10-22-11-13(6-7-16(22)19-12)20-17(23)8-9-18-21-14-4-2-3-5-15(14)24-18/h2-11H,1H3,(H,20,23)/b9-8+. The van der Waals surface area contributed by atoms with E-state index in [1.807, 2.05) is 60.1 Å². The van der Waals surface area contributed by atoms with E-state index in [-0.39, 0.29) is 5.91 Å². The van der Waals surface area contributed by atoms with Gasteiger partial charge >= 0.3 is 0 Å². The Bertz CT molecular complexity index is 1040. The molecule has 1 aromatic carbocycles. The average molecular weight is 318 g/mol. The lowest BCUT2D eigenvalue weighted by Gasteiger charge is -2.02. The van der Waals surface area contributed by atoms with Crippen LogP contribution in [0, 0.1) is 6.92 Å². The van der Waals surface area contributed by atoms with Crippen molar-refractivity contribution in [1.29, 1.82) is 0 Å². The molecule has 0 radical (unpaired) electrons. The maximum absolute atomic E-state index is 12.1. The predicted molar refractivity (Wildman–Crippen MR) is 91.6 cm³/mol. The van der Waals surface area contributed by atoms with Crippen LogP contribution < -0.4 is 5.32 Å². The zero-order valence-corrected chi connectivity index (χ0v) is 12.9. The van der Waals surface area contributed by atoms with E-state index in [4.69, 9.17) is 4.42 Å². The first-order valence-corrected chi connectivity index (χ1v) is 7.47. The van der Waals surface area contributed by atoms with Gasteiger partial charge in [-0.05, 0) is 31.2 Å². The second-order valence-electron chi connectivity index (χ2n) is 5.41. The number of amides is 1. The minimum absolute atomic E-state index is 0.256. The number of fused-ring (bicyclic) bond motifs is 2. The highest BCUT2D eigenvalue weighted by molar-refractivity contribution is 6.01. The Labute approximate surface area is 137 Å². The zero-order chi connectivity index (χ0) is 16.5. The van der Waals surface area contributed by atoms with Gasteiger partial charge in [-0.2, -0.15) is 0 Å². The lowest BCUT2D eigenvalue weighted by molar-refractivity contribution is -0.111. The Balaban J connectivity index is 1.50. The molecule has 118 valence electrons. The van der Waals surface area contributed by atoms with Crippen LogP contribution in [0.3, 0.4) is 0 Å². The van der Waals surface area contributed by atoms with Crippen molar-refractivity contribution in [2.24, 2.45) is 0 Å². The minimum atomic E-state index is -0.256. The highest BCUT2D eigenvalue weighted by Crippen LogP contribution is 2.16. The van der Waals surface area contributed by atoms with Gasteiger partial charge in [-0.15, -0.1) is 0 Å². The second kappa shape index (κ2) is 5.66. The first kappa shape index (κ1) is 14.2. The zero-order valence-electron chi connectivity index (χ0n) is 12.9. The van der Waals surface area contributed by atoms with Crippen LogP contribution in [0.4, 0.5) is 5.69 Å². The topological polar surface area (TPSA) is 72.4 Å². The third kappa shape index (κ3) is 2.77. The fourth-order valence-corrected chi connectivity index (χ4v) is 2.48. The molecule has 0 bridgehead atoms. The van der Waals surface area contributed by atoms with Crippen LogP contribution in [0.5, 0.6) is 0 Å². The molecule has 6 nitrogen and oxygen atoms in total. The first-order chi connectivity index (χ1) is 11.7. The summed E-state index contributed by atoms with van der Waals surface area (Å²) in [5.74, 6) is 0.139. The second-order valence-corrected chi connectivity index (χ2v) is 5.41. The molecule has 0 saturated carbocycles. The van der Waals surface area contributed by atoms with Crippen LogP contribution in [0.25, 0.3) is 22.8 Å². The summed E-state index contributed by atoms with van der Waals surface area (Å²) in [6.07, 6.45) is 6.67. The highest BCUT2D eigenvalue weighted by Gasteiger charge is 2.04. The molecule has 3 heterocycles. The molecule has 1 amide bonds. The van der Waals surface area contributed by atoms with Gasteiger partial charge in [0, 0.05) is 24.5 Å². The molecule has 24 heavy (non-hydrogen) atoms. The van der Waals surface area contributed by atoms with E-state index in [1.165, 1.54) is 6.08 Å². The molecule has 0 aliphatic heterocycles. The highest BCUT2D eigenvalue weighted by atomic mass is 16.3. The molecule has 3 aromatic heterocycles. The van der Waals surface area contributed by atoms with E-state index in [9.17, 15) is 4.79 Å².